The molecule has 0 bridgehead atoms. The van der Waals surface area contributed by atoms with Gasteiger partial charge in [0.2, 0.25) is 18.1 Å². The zero-order chi connectivity index (χ0) is 32.2. The SMILES string of the molecule is CCCCCCCCCCCC(=O)N(CC1(C)CC(N=C=O)CC(C)(C)C1)C(=O)NCC1(C)CC(N=C=O)CC(C)(C)C1. The Morgan fingerprint density at radius 2 is 1.19 bits per heavy atom. The minimum atomic E-state index is -0.362. The van der Waals surface area contributed by atoms with Crippen molar-refractivity contribution in [1.29, 1.82) is 0 Å². The maximum absolute atomic E-state index is 13.8. The number of isocyanates is 2. The van der Waals surface area contributed by atoms with Crippen LogP contribution in [0.2, 0.25) is 0 Å². The molecular weight excluding hydrogens is 540 g/mol. The quantitative estimate of drug-likeness (QED) is 0.109. The summed E-state index contributed by atoms with van der Waals surface area (Å²) in [6, 6.07) is -0.644. The number of unbranched alkanes of at least 4 members (excludes halogenated alkanes) is 8. The lowest BCUT2D eigenvalue weighted by Crippen LogP contribution is -2.53. The van der Waals surface area contributed by atoms with Gasteiger partial charge in [0.1, 0.15) is 0 Å². The summed E-state index contributed by atoms with van der Waals surface area (Å²) in [6.07, 6.45) is 18.9. The van der Waals surface area contributed by atoms with Crippen LogP contribution in [0.1, 0.15) is 151 Å². The van der Waals surface area contributed by atoms with Gasteiger partial charge in [-0.15, -0.1) is 0 Å². The predicted molar refractivity (Wildman–Crippen MR) is 172 cm³/mol. The summed E-state index contributed by atoms with van der Waals surface area (Å²) in [5, 5.41) is 3.11. The summed E-state index contributed by atoms with van der Waals surface area (Å²) < 4.78 is 0. The Hall–Kier alpha value is -2.30. The van der Waals surface area contributed by atoms with Crippen molar-refractivity contribution in [1.82, 2.24) is 10.2 Å². The summed E-state index contributed by atoms with van der Waals surface area (Å²) in [5.74, 6) is -0.141. The van der Waals surface area contributed by atoms with Gasteiger partial charge >= 0.3 is 6.03 Å². The van der Waals surface area contributed by atoms with E-state index in [9.17, 15) is 19.2 Å². The second-order valence-electron chi connectivity index (χ2n) is 16.1. The van der Waals surface area contributed by atoms with Crippen LogP contribution in [0, 0.1) is 21.7 Å². The van der Waals surface area contributed by atoms with Crippen LogP contribution in [-0.2, 0) is 14.4 Å². The number of nitrogens with zero attached hydrogens (tertiary/aromatic N) is 3. The van der Waals surface area contributed by atoms with E-state index in [1.54, 1.807) is 12.2 Å². The first-order valence-corrected chi connectivity index (χ1v) is 16.9. The molecule has 3 amide bonds. The number of imide groups is 1. The fourth-order valence-corrected chi connectivity index (χ4v) is 8.51. The number of amides is 3. The largest absolute Gasteiger partial charge is 0.337 e. The molecule has 0 aromatic heterocycles. The Labute approximate surface area is 261 Å². The van der Waals surface area contributed by atoms with Gasteiger partial charge in [-0.25, -0.2) is 24.4 Å². The molecule has 1 N–H and O–H groups in total. The van der Waals surface area contributed by atoms with Gasteiger partial charge in [0.15, 0.2) is 0 Å². The van der Waals surface area contributed by atoms with E-state index < -0.39 is 0 Å². The normalized spacial score (nSPS) is 27.8. The van der Waals surface area contributed by atoms with Gasteiger partial charge in [-0.1, -0.05) is 99.8 Å². The number of hydrogen-bond donors (Lipinski definition) is 1. The van der Waals surface area contributed by atoms with Gasteiger partial charge in [-0.2, -0.15) is 0 Å². The molecule has 0 aliphatic heterocycles. The molecule has 244 valence electrons. The number of rotatable bonds is 16. The van der Waals surface area contributed by atoms with Crippen LogP contribution in [0.15, 0.2) is 9.98 Å². The molecule has 2 saturated carbocycles. The number of carbonyl (C=O) groups is 2. The lowest BCUT2D eigenvalue weighted by Gasteiger charge is -2.47. The number of urea groups is 1. The number of aliphatic imine (C=N–C) groups is 2. The molecular formula is C35H60N4O4. The molecule has 4 atom stereocenters. The monoisotopic (exact) mass is 600 g/mol. The molecule has 2 rings (SSSR count). The molecule has 2 aliphatic rings. The van der Waals surface area contributed by atoms with Gasteiger partial charge < -0.3 is 5.32 Å². The fourth-order valence-electron chi connectivity index (χ4n) is 8.51. The van der Waals surface area contributed by atoms with E-state index in [0.29, 0.717) is 32.4 Å². The van der Waals surface area contributed by atoms with Gasteiger partial charge in [-0.3, -0.25) is 9.69 Å². The molecule has 0 aromatic rings. The molecule has 4 unspecified atom stereocenters. The van der Waals surface area contributed by atoms with Crippen LogP contribution in [0.25, 0.3) is 0 Å². The van der Waals surface area contributed by atoms with E-state index >= 15 is 0 Å². The highest BCUT2D eigenvalue weighted by Crippen LogP contribution is 2.48. The Balaban J connectivity index is 2.11. The molecule has 2 fully saturated rings. The van der Waals surface area contributed by atoms with E-state index in [-0.39, 0.29) is 45.7 Å². The zero-order valence-electron chi connectivity index (χ0n) is 28.4. The first-order chi connectivity index (χ1) is 20.2. The van der Waals surface area contributed by atoms with Gasteiger partial charge in [0, 0.05) is 19.5 Å². The third-order valence-electron chi connectivity index (χ3n) is 9.56. The number of nitrogens with one attached hydrogen (secondary N) is 1. The number of carbonyl (C=O) groups excluding carboxylic acids is 4. The highest BCUT2D eigenvalue weighted by Gasteiger charge is 2.45. The van der Waals surface area contributed by atoms with Crippen LogP contribution >= 0.6 is 0 Å². The van der Waals surface area contributed by atoms with E-state index in [1.807, 2.05) is 0 Å². The Kier molecular flexibility index (Phi) is 14.3. The summed E-state index contributed by atoms with van der Waals surface area (Å²) >= 11 is 0. The van der Waals surface area contributed by atoms with Crippen molar-refractivity contribution < 1.29 is 19.2 Å². The molecule has 0 spiro atoms. The average molecular weight is 601 g/mol. The Morgan fingerprint density at radius 1 is 0.721 bits per heavy atom. The van der Waals surface area contributed by atoms with E-state index in [4.69, 9.17) is 0 Å². The summed E-state index contributed by atoms with van der Waals surface area (Å²) in [5.41, 5.74) is -0.716. The maximum atomic E-state index is 13.8. The highest BCUT2D eigenvalue weighted by atomic mass is 16.2. The first-order valence-electron chi connectivity index (χ1n) is 16.9. The topological polar surface area (TPSA) is 108 Å². The lowest BCUT2D eigenvalue weighted by molar-refractivity contribution is -0.130. The third-order valence-corrected chi connectivity index (χ3v) is 9.56. The second-order valence-corrected chi connectivity index (χ2v) is 16.1. The summed E-state index contributed by atoms with van der Waals surface area (Å²) in [7, 11) is 0. The Morgan fingerprint density at radius 3 is 1.70 bits per heavy atom. The van der Waals surface area contributed by atoms with Crippen LogP contribution in [0.5, 0.6) is 0 Å². The van der Waals surface area contributed by atoms with Crippen molar-refractivity contribution in [3.8, 4) is 0 Å². The average Bonchev–Trinajstić information content (AvgIpc) is 2.87. The molecule has 43 heavy (non-hydrogen) atoms. The molecule has 2 aliphatic carbocycles. The highest BCUT2D eigenvalue weighted by molar-refractivity contribution is 5.94. The fraction of sp³-hybridized carbons (Fsp3) is 0.886. The lowest BCUT2D eigenvalue weighted by atomic mass is 9.62. The molecule has 8 nitrogen and oxygen atoms in total. The molecule has 0 saturated heterocycles. The second kappa shape index (κ2) is 16.7. The standard InChI is InChI=1S/C35H60N4O4/c1-8-9-10-11-12-13-14-15-16-17-30(42)39(25-35(7)21-29(38-27-41)19-33(4,5)23-35)31(43)36-24-34(6)20-28(37-26-40)18-32(2,3)22-34/h28-29H,8-25H2,1-7H3,(H,36,43). The van der Waals surface area contributed by atoms with Crippen LogP contribution in [0.4, 0.5) is 4.79 Å². The van der Waals surface area contributed by atoms with E-state index in [1.165, 1.54) is 43.4 Å². The first kappa shape index (κ1) is 36.9. The zero-order valence-corrected chi connectivity index (χ0v) is 28.4. The maximum Gasteiger partial charge on any atom is 0.324 e. The van der Waals surface area contributed by atoms with Crippen LogP contribution < -0.4 is 5.32 Å². The van der Waals surface area contributed by atoms with Gasteiger partial charge in [0.05, 0.1) is 12.1 Å². The van der Waals surface area contributed by atoms with Crippen molar-refractivity contribution in [2.75, 3.05) is 13.1 Å². The molecule has 0 heterocycles. The number of hydrogen-bond acceptors (Lipinski definition) is 6. The predicted octanol–water partition coefficient (Wildman–Crippen LogP) is 8.29. The van der Waals surface area contributed by atoms with Gasteiger partial charge in [-0.05, 0) is 66.6 Å². The summed E-state index contributed by atoms with van der Waals surface area (Å²) in [6.45, 7) is 15.8. The minimum absolute atomic E-state index is 0.0243. The Bertz CT molecular complexity index is 1010. The summed E-state index contributed by atoms with van der Waals surface area (Å²) in [4.78, 5) is 59.2. The van der Waals surface area contributed by atoms with Crippen LogP contribution in [-0.4, -0.2) is 54.2 Å². The molecule has 0 aromatic carbocycles. The molecule has 8 heteroatoms. The minimum Gasteiger partial charge on any atom is -0.337 e. The molecule has 0 radical (unpaired) electrons. The smallest absolute Gasteiger partial charge is 0.324 e. The van der Waals surface area contributed by atoms with Crippen molar-refractivity contribution in [3.05, 3.63) is 0 Å². The van der Waals surface area contributed by atoms with Gasteiger partial charge in [0.25, 0.3) is 0 Å². The van der Waals surface area contributed by atoms with Crippen LogP contribution in [0.3, 0.4) is 0 Å². The van der Waals surface area contributed by atoms with Crippen molar-refractivity contribution in [2.45, 2.75) is 163 Å². The van der Waals surface area contributed by atoms with E-state index in [0.717, 1.165) is 44.9 Å². The van der Waals surface area contributed by atoms with E-state index in [2.05, 4.69) is 63.8 Å². The van der Waals surface area contributed by atoms with Crippen molar-refractivity contribution >= 4 is 24.1 Å². The van der Waals surface area contributed by atoms with Crippen molar-refractivity contribution in [2.24, 2.45) is 31.6 Å². The van der Waals surface area contributed by atoms with Crippen molar-refractivity contribution in [3.63, 3.8) is 0 Å². The third kappa shape index (κ3) is 13.1.